The average Bonchev–Trinajstić information content (AvgIpc) is 3.26. The van der Waals surface area contributed by atoms with Crippen molar-refractivity contribution in [1.29, 1.82) is 0 Å². The average molecular weight is 324 g/mol. The number of hydrogen-bond acceptors (Lipinski definition) is 3. The fraction of sp³-hybridized carbons (Fsp3) is 0.278. The molecular formula is C18H17FN4O. The van der Waals surface area contributed by atoms with Crippen LogP contribution in [0.1, 0.15) is 36.7 Å². The molecule has 3 unspecified atom stereocenters. The molecule has 0 spiro atoms. The standard InChI is InChI=1S/C18H17FN4O/c1-11(17-22-21-16-8-4-5-9-23(16)17)20-18(24)14-10-13(14)12-6-2-3-7-15(12)19/h2-9,11,13-14H,10H2,1H3,(H,20,24). The molecule has 1 aromatic carbocycles. The van der Waals surface area contributed by atoms with E-state index in [2.05, 4.69) is 15.5 Å². The zero-order valence-electron chi connectivity index (χ0n) is 13.2. The van der Waals surface area contributed by atoms with Gasteiger partial charge < -0.3 is 5.32 Å². The quantitative estimate of drug-likeness (QED) is 0.803. The molecule has 0 bridgehead atoms. The first-order valence-corrected chi connectivity index (χ1v) is 7.99. The van der Waals surface area contributed by atoms with Crippen molar-refractivity contribution >= 4 is 11.6 Å². The van der Waals surface area contributed by atoms with Gasteiger partial charge in [0, 0.05) is 12.1 Å². The fourth-order valence-electron chi connectivity index (χ4n) is 3.14. The molecule has 0 radical (unpaired) electrons. The summed E-state index contributed by atoms with van der Waals surface area (Å²) in [4.78, 5) is 12.5. The number of aromatic nitrogens is 3. The lowest BCUT2D eigenvalue weighted by atomic mass is 10.1. The zero-order valence-corrected chi connectivity index (χ0v) is 13.2. The minimum atomic E-state index is -0.267. The summed E-state index contributed by atoms with van der Waals surface area (Å²) in [5.74, 6) is 0.164. The largest absolute Gasteiger partial charge is 0.346 e. The van der Waals surface area contributed by atoms with Crippen molar-refractivity contribution in [3.05, 3.63) is 65.9 Å². The molecule has 122 valence electrons. The molecule has 24 heavy (non-hydrogen) atoms. The van der Waals surface area contributed by atoms with E-state index >= 15 is 0 Å². The van der Waals surface area contributed by atoms with Crippen LogP contribution in [0.25, 0.3) is 5.65 Å². The van der Waals surface area contributed by atoms with Gasteiger partial charge >= 0.3 is 0 Å². The molecule has 3 atom stereocenters. The van der Waals surface area contributed by atoms with Crippen LogP contribution in [0, 0.1) is 11.7 Å². The van der Waals surface area contributed by atoms with E-state index in [4.69, 9.17) is 0 Å². The highest BCUT2D eigenvalue weighted by molar-refractivity contribution is 5.83. The van der Waals surface area contributed by atoms with E-state index in [1.54, 1.807) is 18.2 Å². The van der Waals surface area contributed by atoms with Crippen LogP contribution < -0.4 is 5.32 Å². The third-order valence-electron chi connectivity index (χ3n) is 4.52. The molecule has 6 heteroatoms. The van der Waals surface area contributed by atoms with Gasteiger partial charge in [-0.1, -0.05) is 24.3 Å². The Hall–Kier alpha value is -2.76. The van der Waals surface area contributed by atoms with E-state index in [0.717, 1.165) is 5.65 Å². The number of benzene rings is 1. The zero-order chi connectivity index (χ0) is 16.7. The maximum Gasteiger partial charge on any atom is 0.224 e. The second-order valence-corrected chi connectivity index (χ2v) is 6.19. The first kappa shape index (κ1) is 14.8. The number of fused-ring (bicyclic) bond motifs is 1. The Morgan fingerprint density at radius 1 is 1.25 bits per heavy atom. The van der Waals surface area contributed by atoms with Crippen molar-refractivity contribution < 1.29 is 9.18 Å². The van der Waals surface area contributed by atoms with Crippen LogP contribution in [-0.4, -0.2) is 20.5 Å². The second-order valence-electron chi connectivity index (χ2n) is 6.19. The molecule has 2 heterocycles. The van der Waals surface area contributed by atoms with Gasteiger partial charge in [0.1, 0.15) is 5.82 Å². The van der Waals surface area contributed by atoms with Gasteiger partial charge in [-0.05, 0) is 43.0 Å². The van der Waals surface area contributed by atoms with Gasteiger partial charge in [0.15, 0.2) is 11.5 Å². The van der Waals surface area contributed by atoms with E-state index < -0.39 is 0 Å². The summed E-state index contributed by atoms with van der Waals surface area (Å²) in [6.45, 7) is 1.88. The third kappa shape index (κ3) is 2.54. The van der Waals surface area contributed by atoms with Crippen LogP contribution in [0.3, 0.4) is 0 Å². The lowest BCUT2D eigenvalue weighted by molar-refractivity contribution is -0.123. The first-order chi connectivity index (χ1) is 11.6. The van der Waals surface area contributed by atoms with Crippen LogP contribution in [0.15, 0.2) is 48.7 Å². The fourth-order valence-corrected chi connectivity index (χ4v) is 3.14. The van der Waals surface area contributed by atoms with Gasteiger partial charge in [-0.25, -0.2) is 4.39 Å². The Bertz CT molecular complexity index is 907. The van der Waals surface area contributed by atoms with Crippen molar-refractivity contribution in [2.45, 2.75) is 25.3 Å². The number of hydrogen-bond donors (Lipinski definition) is 1. The maximum atomic E-state index is 13.8. The molecule has 2 aromatic heterocycles. The van der Waals surface area contributed by atoms with E-state index in [0.29, 0.717) is 17.8 Å². The molecule has 0 saturated heterocycles. The van der Waals surface area contributed by atoms with Crippen molar-refractivity contribution in [1.82, 2.24) is 19.9 Å². The number of halogens is 1. The number of carbonyl (C=O) groups excluding carboxylic acids is 1. The van der Waals surface area contributed by atoms with Gasteiger partial charge in [0.25, 0.3) is 0 Å². The lowest BCUT2D eigenvalue weighted by Crippen LogP contribution is -2.29. The normalized spacial score (nSPS) is 20.8. The molecule has 1 N–H and O–H groups in total. The van der Waals surface area contributed by atoms with Crippen LogP contribution in [0.4, 0.5) is 4.39 Å². The second kappa shape index (κ2) is 5.70. The minimum Gasteiger partial charge on any atom is -0.346 e. The monoisotopic (exact) mass is 324 g/mol. The summed E-state index contributed by atoms with van der Waals surface area (Å²) >= 11 is 0. The van der Waals surface area contributed by atoms with Crippen molar-refractivity contribution in [3.8, 4) is 0 Å². The summed E-state index contributed by atoms with van der Waals surface area (Å²) in [6.07, 6.45) is 2.55. The number of amides is 1. The topological polar surface area (TPSA) is 59.3 Å². The molecule has 1 fully saturated rings. The highest BCUT2D eigenvalue weighted by Gasteiger charge is 2.45. The Kier molecular flexibility index (Phi) is 3.52. The molecule has 0 aliphatic heterocycles. The van der Waals surface area contributed by atoms with Gasteiger partial charge in [-0.2, -0.15) is 0 Å². The molecule has 1 aliphatic carbocycles. The Morgan fingerprint density at radius 2 is 2.04 bits per heavy atom. The van der Waals surface area contributed by atoms with E-state index in [9.17, 15) is 9.18 Å². The summed E-state index contributed by atoms with van der Waals surface area (Å²) in [6, 6.07) is 12.0. The summed E-state index contributed by atoms with van der Waals surface area (Å²) in [5.41, 5.74) is 1.36. The number of pyridine rings is 1. The molecule has 1 amide bonds. The number of nitrogens with one attached hydrogen (secondary N) is 1. The highest BCUT2D eigenvalue weighted by atomic mass is 19.1. The molecule has 4 rings (SSSR count). The minimum absolute atomic E-state index is 0.0338. The smallest absolute Gasteiger partial charge is 0.224 e. The Morgan fingerprint density at radius 3 is 2.88 bits per heavy atom. The van der Waals surface area contributed by atoms with Gasteiger partial charge in [0.05, 0.1) is 6.04 Å². The van der Waals surface area contributed by atoms with Crippen molar-refractivity contribution in [2.75, 3.05) is 0 Å². The van der Waals surface area contributed by atoms with Crippen molar-refractivity contribution in [2.24, 2.45) is 5.92 Å². The summed E-state index contributed by atoms with van der Waals surface area (Å²) in [7, 11) is 0. The molecular weight excluding hydrogens is 307 g/mol. The predicted octanol–water partition coefficient (Wildman–Crippen LogP) is 2.85. The van der Waals surface area contributed by atoms with E-state index in [-0.39, 0.29) is 29.6 Å². The molecule has 5 nitrogen and oxygen atoms in total. The lowest BCUT2D eigenvalue weighted by Gasteiger charge is -2.12. The number of carbonyl (C=O) groups is 1. The van der Waals surface area contributed by atoms with Gasteiger partial charge in [0.2, 0.25) is 5.91 Å². The van der Waals surface area contributed by atoms with Crippen LogP contribution in [0.5, 0.6) is 0 Å². The first-order valence-electron chi connectivity index (χ1n) is 7.99. The van der Waals surface area contributed by atoms with Crippen LogP contribution in [-0.2, 0) is 4.79 Å². The van der Waals surface area contributed by atoms with Gasteiger partial charge in [-0.15, -0.1) is 10.2 Å². The SMILES string of the molecule is CC(NC(=O)C1CC1c1ccccc1F)c1nnc2ccccn12. The van der Waals surface area contributed by atoms with Crippen molar-refractivity contribution in [3.63, 3.8) is 0 Å². The number of nitrogens with zero attached hydrogens (tertiary/aromatic N) is 3. The maximum absolute atomic E-state index is 13.8. The molecule has 1 saturated carbocycles. The van der Waals surface area contributed by atoms with Crippen LogP contribution in [0.2, 0.25) is 0 Å². The third-order valence-corrected chi connectivity index (χ3v) is 4.52. The summed E-state index contributed by atoms with van der Waals surface area (Å²) in [5, 5.41) is 11.2. The predicted molar refractivity (Wildman–Crippen MR) is 86.8 cm³/mol. The Balaban J connectivity index is 1.46. The Labute approximate surface area is 138 Å². The van der Waals surface area contributed by atoms with Crippen LogP contribution >= 0.6 is 0 Å². The highest BCUT2D eigenvalue weighted by Crippen LogP contribution is 2.48. The van der Waals surface area contributed by atoms with E-state index in [1.165, 1.54) is 6.07 Å². The number of rotatable bonds is 4. The van der Waals surface area contributed by atoms with E-state index in [1.807, 2.05) is 35.7 Å². The van der Waals surface area contributed by atoms with Gasteiger partial charge in [-0.3, -0.25) is 9.20 Å². The molecule has 3 aromatic rings. The summed E-state index contributed by atoms with van der Waals surface area (Å²) < 4.78 is 15.7. The molecule has 1 aliphatic rings.